The number of hydrogen-bond acceptors (Lipinski definition) is 5. The van der Waals surface area contributed by atoms with Crippen LogP contribution in [-0.2, 0) is 11.4 Å². The molecule has 142 valence electrons. The lowest BCUT2D eigenvalue weighted by Gasteiger charge is -2.13. The van der Waals surface area contributed by atoms with Crippen LogP contribution in [0.4, 0.5) is 0 Å². The van der Waals surface area contributed by atoms with Crippen LogP contribution in [0.25, 0.3) is 11.1 Å². The summed E-state index contributed by atoms with van der Waals surface area (Å²) in [6.45, 7) is 3.35. The molecule has 0 radical (unpaired) electrons. The number of benzene rings is 2. The number of aryl methyl sites for hydroxylation is 1. The predicted octanol–water partition coefficient (Wildman–Crippen LogP) is 4.67. The van der Waals surface area contributed by atoms with Crippen molar-refractivity contribution >= 4 is 23.1 Å². The van der Waals surface area contributed by atoms with E-state index >= 15 is 0 Å². The van der Waals surface area contributed by atoms with Crippen LogP contribution in [0.15, 0.2) is 52.0 Å². The fourth-order valence-corrected chi connectivity index (χ4v) is 3.70. The summed E-state index contributed by atoms with van der Waals surface area (Å²) in [4.78, 5) is 16.8. The first-order chi connectivity index (χ1) is 13.5. The molecule has 0 fully saturated rings. The minimum absolute atomic E-state index is 0.0196. The molecule has 1 aromatic heterocycles. The lowest BCUT2D eigenvalue weighted by atomic mass is 9.91. The second-order valence-electron chi connectivity index (χ2n) is 6.95. The van der Waals surface area contributed by atoms with Gasteiger partial charge in [0.25, 0.3) is 0 Å². The Bertz CT molecular complexity index is 1080. The Balaban J connectivity index is 2.02. The van der Waals surface area contributed by atoms with E-state index in [4.69, 9.17) is 21.1 Å². The normalized spacial score (nSPS) is 15.4. The minimum atomic E-state index is -0.468. The van der Waals surface area contributed by atoms with Gasteiger partial charge in [-0.1, -0.05) is 41.0 Å². The highest BCUT2D eigenvalue weighted by Crippen LogP contribution is 2.41. The Hall–Kier alpha value is -2.76. The number of halogens is 1. The number of aliphatic hydroxyl groups is 1. The highest BCUT2D eigenvalue weighted by molar-refractivity contribution is 6.30. The van der Waals surface area contributed by atoms with Crippen LogP contribution in [0, 0.1) is 6.92 Å². The zero-order valence-corrected chi connectivity index (χ0v) is 16.3. The van der Waals surface area contributed by atoms with Gasteiger partial charge in [0.2, 0.25) is 0 Å². The topological polar surface area (TPSA) is 75.7 Å². The van der Waals surface area contributed by atoms with Crippen molar-refractivity contribution < 1.29 is 14.4 Å². The third-order valence-electron chi connectivity index (χ3n) is 4.87. The van der Waals surface area contributed by atoms with Gasteiger partial charge in [0.1, 0.15) is 11.8 Å². The number of aliphatic hydroxyl groups excluding tert-OH is 1. The van der Waals surface area contributed by atoms with Crippen molar-refractivity contribution in [1.29, 1.82) is 0 Å². The lowest BCUT2D eigenvalue weighted by molar-refractivity contribution is -0.117. The molecule has 2 aromatic carbocycles. The van der Waals surface area contributed by atoms with Crippen molar-refractivity contribution in [1.82, 2.24) is 5.16 Å². The van der Waals surface area contributed by atoms with Crippen LogP contribution in [0.2, 0.25) is 5.02 Å². The Kier molecular flexibility index (Phi) is 4.87. The second-order valence-corrected chi connectivity index (χ2v) is 7.39. The van der Waals surface area contributed by atoms with Crippen molar-refractivity contribution in [2.75, 3.05) is 0 Å². The molecule has 2 heterocycles. The Labute approximate surface area is 167 Å². The molecule has 0 spiro atoms. The van der Waals surface area contributed by atoms with Crippen LogP contribution in [0.5, 0.6) is 0 Å². The van der Waals surface area contributed by atoms with Crippen LogP contribution < -0.4 is 0 Å². The van der Waals surface area contributed by atoms with Gasteiger partial charge in [0, 0.05) is 22.6 Å². The maximum atomic E-state index is 11.9. The molecule has 4 rings (SSSR count). The third-order valence-corrected chi connectivity index (χ3v) is 5.12. The quantitative estimate of drug-likeness (QED) is 0.697. The second kappa shape index (κ2) is 7.34. The molecule has 5 nitrogen and oxygen atoms in total. The number of nitrogens with zero attached hydrogens (tertiary/aromatic N) is 2. The smallest absolute Gasteiger partial charge is 0.169 e. The minimum Gasteiger partial charge on any atom is -0.392 e. The summed E-state index contributed by atoms with van der Waals surface area (Å²) in [5, 5.41) is 14.4. The van der Waals surface area contributed by atoms with E-state index in [0.717, 1.165) is 39.2 Å². The van der Waals surface area contributed by atoms with Gasteiger partial charge in [-0.25, -0.2) is 0 Å². The summed E-state index contributed by atoms with van der Waals surface area (Å²) >= 11 is 6.06. The van der Waals surface area contributed by atoms with Gasteiger partial charge >= 0.3 is 0 Å². The Morgan fingerprint density at radius 2 is 1.93 bits per heavy atom. The number of ketones is 1. The van der Waals surface area contributed by atoms with Gasteiger partial charge in [0.15, 0.2) is 5.76 Å². The first-order valence-electron chi connectivity index (χ1n) is 9.01. The van der Waals surface area contributed by atoms with Gasteiger partial charge in [0.05, 0.1) is 23.6 Å². The van der Waals surface area contributed by atoms with E-state index in [2.05, 4.69) is 5.16 Å². The standard InChI is InChI=1S/C22H19ClN2O3/c1-12(27)9-19-22-20(13(2)25-28-22)17-8-3-14(11-26)10-18(17)21(24-19)15-4-6-16(23)7-5-15/h3-8,10,19,26H,9,11H2,1-2H3/t19-/m0/s1. The van der Waals surface area contributed by atoms with Crippen LogP contribution >= 0.6 is 11.6 Å². The molecular formula is C22H19ClN2O3. The first-order valence-corrected chi connectivity index (χ1v) is 9.39. The number of fused-ring (bicyclic) bond motifs is 3. The molecule has 1 aliphatic rings. The first kappa shape index (κ1) is 18.6. The zero-order valence-electron chi connectivity index (χ0n) is 15.6. The molecule has 1 aliphatic heterocycles. The Morgan fingerprint density at radius 3 is 2.61 bits per heavy atom. The van der Waals surface area contributed by atoms with Crippen molar-refractivity contribution in [2.24, 2.45) is 4.99 Å². The van der Waals surface area contributed by atoms with E-state index in [1.54, 1.807) is 6.92 Å². The maximum absolute atomic E-state index is 11.9. The highest BCUT2D eigenvalue weighted by Gasteiger charge is 2.31. The van der Waals surface area contributed by atoms with E-state index in [0.29, 0.717) is 10.8 Å². The summed E-state index contributed by atoms with van der Waals surface area (Å²) in [7, 11) is 0. The summed E-state index contributed by atoms with van der Waals surface area (Å²) in [5.74, 6) is 0.612. The van der Waals surface area contributed by atoms with Crippen LogP contribution in [0.1, 0.15) is 47.5 Å². The fraction of sp³-hybridized carbons (Fsp3) is 0.227. The average Bonchev–Trinajstić information content (AvgIpc) is 3.00. The largest absolute Gasteiger partial charge is 0.392 e. The van der Waals surface area contributed by atoms with Crippen molar-refractivity contribution in [2.45, 2.75) is 32.9 Å². The molecule has 3 aromatic rings. The molecule has 1 N–H and O–H groups in total. The number of aliphatic imine (C=N–C) groups is 1. The van der Waals surface area contributed by atoms with Crippen molar-refractivity contribution in [3.63, 3.8) is 0 Å². The number of carbonyl (C=O) groups is 1. The third kappa shape index (κ3) is 3.28. The van der Waals surface area contributed by atoms with Gasteiger partial charge < -0.3 is 9.63 Å². The van der Waals surface area contributed by atoms with Gasteiger partial charge in [-0.05, 0) is 43.2 Å². The number of carbonyl (C=O) groups excluding carboxylic acids is 1. The monoisotopic (exact) mass is 394 g/mol. The van der Waals surface area contributed by atoms with E-state index in [9.17, 15) is 9.90 Å². The number of Topliss-reactive ketones (excluding diaryl/α,β-unsaturated/α-hetero) is 1. The molecule has 0 amide bonds. The lowest BCUT2D eigenvalue weighted by Crippen LogP contribution is -2.08. The molecule has 0 saturated carbocycles. The molecule has 6 heteroatoms. The molecule has 0 unspecified atom stereocenters. The van der Waals surface area contributed by atoms with Crippen molar-refractivity contribution in [3.8, 4) is 11.1 Å². The van der Waals surface area contributed by atoms with E-state index in [-0.39, 0.29) is 18.8 Å². The SMILES string of the molecule is CC(=O)C[C@@H]1N=C(c2ccc(Cl)cc2)c2cc(CO)ccc2-c2c(C)noc21. The van der Waals surface area contributed by atoms with Gasteiger partial charge in [-0.3, -0.25) is 9.79 Å². The molecule has 1 atom stereocenters. The van der Waals surface area contributed by atoms with Crippen LogP contribution in [0.3, 0.4) is 0 Å². The zero-order chi connectivity index (χ0) is 19.8. The van der Waals surface area contributed by atoms with E-state index in [1.165, 1.54) is 0 Å². The van der Waals surface area contributed by atoms with Gasteiger partial charge in [-0.2, -0.15) is 0 Å². The molecule has 0 bridgehead atoms. The summed E-state index contributed by atoms with van der Waals surface area (Å²) in [6, 6.07) is 12.7. The van der Waals surface area contributed by atoms with E-state index < -0.39 is 6.04 Å². The Morgan fingerprint density at radius 1 is 1.18 bits per heavy atom. The van der Waals surface area contributed by atoms with Crippen molar-refractivity contribution in [3.05, 3.63) is 75.6 Å². The molecule has 0 aliphatic carbocycles. The predicted molar refractivity (Wildman–Crippen MR) is 108 cm³/mol. The average molecular weight is 395 g/mol. The van der Waals surface area contributed by atoms with Crippen LogP contribution in [-0.4, -0.2) is 21.8 Å². The summed E-state index contributed by atoms with van der Waals surface area (Å²) in [5.41, 5.74) is 5.79. The highest BCUT2D eigenvalue weighted by atomic mass is 35.5. The summed E-state index contributed by atoms with van der Waals surface area (Å²) in [6.07, 6.45) is 0.222. The summed E-state index contributed by atoms with van der Waals surface area (Å²) < 4.78 is 5.62. The fourth-order valence-electron chi connectivity index (χ4n) is 3.58. The molecule has 28 heavy (non-hydrogen) atoms. The van der Waals surface area contributed by atoms with E-state index in [1.807, 2.05) is 49.4 Å². The number of hydrogen-bond donors (Lipinski definition) is 1. The van der Waals surface area contributed by atoms with Gasteiger partial charge in [-0.15, -0.1) is 0 Å². The number of rotatable bonds is 4. The molecule has 0 saturated heterocycles. The molecular weight excluding hydrogens is 376 g/mol. The maximum Gasteiger partial charge on any atom is 0.169 e. The number of aromatic nitrogens is 1.